The Labute approximate surface area is 129 Å². The molecule has 1 heterocycles. The summed E-state index contributed by atoms with van der Waals surface area (Å²) in [5, 5.41) is 4.87. The van der Waals surface area contributed by atoms with Gasteiger partial charge < -0.3 is 5.32 Å². The molecule has 5 heteroatoms. The molecular formula is C15H18ClN3S. The molecule has 106 valence electrons. The van der Waals surface area contributed by atoms with E-state index in [1.807, 2.05) is 38.2 Å². The molecule has 0 amide bonds. The van der Waals surface area contributed by atoms with Crippen molar-refractivity contribution in [3.8, 4) is 0 Å². The number of anilines is 1. The zero-order valence-corrected chi connectivity index (χ0v) is 13.6. The minimum absolute atomic E-state index is 0.298. The maximum atomic E-state index is 5.92. The number of rotatable bonds is 4. The Morgan fingerprint density at radius 1 is 1.15 bits per heavy atom. The largest absolute Gasteiger partial charge is 0.373 e. The Balaban J connectivity index is 2.39. The summed E-state index contributed by atoms with van der Waals surface area (Å²) in [7, 11) is 1.89. The molecule has 1 aromatic carbocycles. The van der Waals surface area contributed by atoms with Gasteiger partial charge in [-0.3, -0.25) is 0 Å². The average Bonchev–Trinajstić information content (AvgIpc) is 2.43. The minimum atomic E-state index is 0.298. The smallest absolute Gasteiger partial charge is 0.134 e. The van der Waals surface area contributed by atoms with Gasteiger partial charge in [0.15, 0.2) is 0 Å². The zero-order chi connectivity index (χ0) is 14.7. The van der Waals surface area contributed by atoms with E-state index in [-0.39, 0.29) is 0 Å². The van der Waals surface area contributed by atoms with Gasteiger partial charge in [0, 0.05) is 28.4 Å². The van der Waals surface area contributed by atoms with Crippen LogP contribution in [0.2, 0.25) is 5.02 Å². The number of hydrogen-bond donors (Lipinski definition) is 1. The van der Waals surface area contributed by atoms with Crippen LogP contribution in [-0.2, 0) is 0 Å². The lowest BCUT2D eigenvalue weighted by Crippen LogP contribution is -2.06. The molecule has 20 heavy (non-hydrogen) atoms. The molecule has 0 fully saturated rings. The summed E-state index contributed by atoms with van der Waals surface area (Å²) in [6, 6.07) is 7.79. The average molecular weight is 308 g/mol. The number of hydrogen-bond acceptors (Lipinski definition) is 4. The summed E-state index contributed by atoms with van der Waals surface area (Å²) < 4.78 is 0. The van der Waals surface area contributed by atoms with E-state index in [1.54, 1.807) is 11.8 Å². The first kappa shape index (κ1) is 15.1. The second kappa shape index (κ2) is 6.46. The molecule has 0 atom stereocenters. The van der Waals surface area contributed by atoms with Crippen LogP contribution >= 0.6 is 23.4 Å². The molecule has 0 radical (unpaired) electrons. The van der Waals surface area contributed by atoms with Crippen molar-refractivity contribution in [2.24, 2.45) is 0 Å². The van der Waals surface area contributed by atoms with Gasteiger partial charge >= 0.3 is 0 Å². The normalized spacial score (nSPS) is 10.9. The van der Waals surface area contributed by atoms with E-state index in [0.717, 1.165) is 32.1 Å². The van der Waals surface area contributed by atoms with Crippen LogP contribution in [-0.4, -0.2) is 17.0 Å². The third-order valence-corrected chi connectivity index (χ3v) is 4.25. The molecule has 0 saturated carbocycles. The van der Waals surface area contributed by atoms with Gasteiger partial charge in [-0.2, -0.15) is 0 Å². The SMILES string of the molecule is CNc1nc(C(C)C)nc(Sc2ccc(Cl)cc2)c1C. The standard InChI is InChI=1S/C15H18ClN3S/c1-9(2)13-18-14(17-4)10(3)15(19-13)20-12-7-5-11(16)6-8-12/h5-9H,1-4H3,(H,17,18,19). The summed E-state index contributed by atoms with van der Waals surface area (Å²) in [6.45, 7) is 6.23. The summed E-state index contributed by atoms with van der Waals surface area (Å²) in [6.07, 6.45) is 0. The quantitative estimate of drug-likeness (QED) is 0.827. The molecule has 1 aromatic heterocycles. The third-order valence-electron chi connectivity index (χ3n) is 2.90. The summed E-state index contributed by atoms with van der Waals surface area (Å²) in [5.74, 6) is 2.05. The number of nitrogens with zero attached hydrogens (tertiary/aromatic N) is 2. The predicted molar refractivity (Wildman–Crippen MR) is 86.0 cm³/mol. The molecule has 0 unspecified atom stereocenters. The summed E-state index contributed by atoms with van der Waals surface area (Å²) in [4.78, 5) is 10.3. The Bertz CT molecular complexity index is 597. The highest BCUT2D eigenvalue weighted by atomic mass is 35.5. The van der Waals surface area contributed by atoms with Gasteiger partial charge in [-0.1, -0.05) is 37.2 Å². The van der Waals surface area contributed by atoms with Crippen LogP contribution in [0.3, 0.4) is 0 Å². The second-order valence-electron chi connectivity index (χ2n) is 4.82. The van der Waals surface area contributed by atoms with E-state index in [2.05, 4.69) is 29.1 Å². The zero-order valence-electron chi connectivity index (χ0n) is 12.1. The summed E-state index contributed by atoms with van der Waals surface area (Å²) in [5.41, 5.74) is 1.07. The van der Waals surface area contributed by atoms with Crippen LogP contribution in [0.4, 0.5) is 5.82 Å². The number of halogens is 1. The summed E-state index contributed by atoms with van der Waals surface area (Å²) >= 11 is 7.55. The monoisotopic (exact) mass is 307 g/mol. The molecule has 0 aliphatic heterocycles. The Morgan fingerprint density at radius 3 is 2.35 bits per heavy atom. The van der Waals surface area contributed by atoms with Gasteiger partial charge in [-0.25, -0.2) is 9.97 Å². The van der Waals surface area contributed by atoms with Crippen molar-refractivity contribution in [1.29, 1.82) is 0 Å². The van der Waals surface area contributed by atoms with Crippen molar-refractivity contribution < 1.29 is 0 Å². The first-order valence-electron chi connectivity index (χ1n) is 6.51. The lowest BCUT2D eigenvalue weighted by molar-refractivity contribution is 0.750. The van der Waals surface area contributed by atoms with E-state index in [1.165, 1.54) is 0 Å². The predicted octanol–water partition coefficient (Wildman–Crippen LogP) is 4.75. The molecule has 0 spiro atoms. The fourth-order valence-electron chi connectivity index (χ4n) is 1.73. The third kappa shape index (κ3) is 3.44. The fraction of sp³-hybridized carbons (Fsp3) is 0.333. The van der Waals surface area contributed by atoms with Crippen molar-refractivity contribution in [3.63, 3.8) is 0 Å². The Morgan fingerprint density at radius 2 is 1.80 bits per heavy atom. The van der Waals surface area contributed by atoms with E-state index in [4.69, 9.17) is 11.6 Å². The molecule has 0 aliphatic carbocycles. The van der Waals surface area contributed by atoms with Crippen LogP contribution in [0.15, 0.2) is 34.2 Å². The second-order valence-corrected chi connectivity index (χ2v) is 6.32. The Hall–Kier alpha value is -1.26. The van der Waals surface area contributed by atoms with Gasteiger partial charge in [0.2, 0.25) is 0 Å². The van der Waals surface area contributed by atoms with Crippen molar-refractivity contribution >= 4 is 29.2 Å². The van der Waals surface area contributed by atoms with E-state index >= 15 is 0 Å². The number of aromatic nitrogens is 2. The van der Waals surface area contributed by atoms with Crippen LogP contribution in [0.5, 0.6) is 0 Å². The molecule has 0 aliphatic rings. The highest BCUT2D eigenvalue weighted by molar-refractivity contribution is 7.99. The van der Waals surface area contributed by atoms with Crippen molar-refractivity contribution in [3.05, 3.63) is 40.7 Å². The number of benzene rings is 1. The molecule has 0 saturated heterocycles. The molecule has 2 aromatic rings. The highest BCUT2D eigenvalue weighted by Gasteiger charge is 2.13. The molecule has 3 nitrogen and oxygen atoms in total. The lowest BCUT2D eigenvalue weighted by atomic mass is 10.2. The van der Waals surface area contributed by atoms with Gasteiger partial charge in [0.05, 0.1) is 0 Å². The molecular weight excluding hydrogens is 290 g/mol. The van der Waals surface area contributed by atoms with Crippen molar-refractivity contribution in [2.75, 3.05) is 12.4 Å². The lowest BCUT2D eigenvalue weighted by Gasteiger charge is -2.13. The van der Waals surface area contributed by atoms with E-state index < -0.39 is 0 Å². The van der Waals surface area contributed by atoms with E-state index in [9.17, 15) is 0 Å². The van der Waals surface area contributed by atoms with Crippen LogP contribution in [0, 0.1) is 6.92 Å². The number of nitrogens with one attached hydrogen (secondary N) is 1. The van der Waals surface area contributed by atoms with Crippen LogP contribution in [0.1, 0.15) is 31.2 Å². The van der Waals surface area contributed by atoms with Crippen molar-refractivity contribution in [1.82, 2.24) is 9.97 Å². The molecule has 2 rings (SSSR count). The maximum absolute atomic E-state index is 5.92. The molecule has 1 N–H and O–H groups in total. The topological polar surface area (TPSA) is 37.8 Å². The fourth-order valence-corrected chi connectivity index (χ4v) is 2.74. The van der Waals surface area contributed by atoms with Crippen LogP contribution < -0.4 is 5.32 Å². The first-order valence-corrected chi connectivity index (χ1v) is 7.70. The van der Waals surface area contributed by atoms with E-state index in [0.29, 0.717) is 5.92 Å². The van der Waals surface area contributed by atoms with Crippen LogP contribution in [0.25, 0.3) is 0 Å². The van der Waals surface area contributed by atoms with Gasteiger partial charge in [0.25, 0.3) is 0 Å². The first-order chi connectivity index (χ1) is 9.51. The van der Waals surface area contributed by atoms with Gasteiger partial charge in [-0.05, 0) is 31.2 Å². The maximum Gasteiger partial charge on any atom is 0.134 e. The highest BCUT2D eigenvalue weighted by Crippen LogP contribution is 2.32. The van der Waals surface area contributed by atoms with Gasteiger partial charge in [-0.15, -0.1) is 0 Å². The van der Waals surface area contributed by atoms with Crippen molar-refractivity contribution in [2.45, 2.75) is 36.6 Å². The Kier molecular flexibility index (Phi) is 4.89. The molecule has 0 bridgehead atoms. The van der Waals surface area contributed by atoms with Gasteiger partial charge in [0.1, 0.15) is 16.7 Å². The minimum Gasteiger partial charge on any atom is -0.373 e.